The van der Waals surface area contributed by atoms with Gasteiger partial charge < -0.3 is 31.8 Å². The number of carbonyl (C=O) groups excluding carboxylic acids is 3. The normalized spacial score (nSPS) is 21.3. The van der Waals surface area contributed by atoms with Crippen molar-refractivity contribution in [2.45, 2.75) is 11.4 Å². The van der Waals surface area contributed by atoms with Gasteiger partial charge in [-0.3, -0.25) is 14.5 Å². The van der Waals surface area contributed by atoms with Crippen LogP contribution in [0, 0.1) is 0 Å². The van der Waals surface area contributed by atoms with E-state index in [2.05, 4.69) is 20.2 Å². The first-order chi connectivity index (χ1) is 13.7. The van der Waals surface area contributed by atoms with Crippen LogP contribution in [0.4, 0.5) is 9.93 Å². The third-order valence-electron chi connectivity index (χ3n) is 4.00. The molecule has 3 amide bonds. The molecule has 1 aromatic rings. The third-order valence-corrected chi connectivity index (χ3v) is 6.02. The van der Waals surface area contributed by atoms with Gasteiger partial charge in [-0.05, 0) is 0 Å². The summed E-state index contributed by atoms with van der Waals surface area (Å²) in [4.78, 5) is 52.2. The van der Waals surface area contributed by atoms with Crippen molar-refractivity contribution in [3.63, 3.8) is 0 Å². The van der Waals surface area contributed by atoms with Crippen molar-refractivity contribution in [2.24, 2.45) is 10.9 Å². The largest absolute Gasteiger partial charge is 0.477 e. The second-order valence-electron chi connectivity index (χ2n) is 5.75. The lowest BCUT2D eigenvalue weighted by atomic mass is 10.0. The highest BCUT2D eigenvalue weighted by Crippen LogP contribution is 2.40. The number of hydrogen-bond donors (Lipinski definition) is 5. The highest BCUT2D eigenvalue weighted by Gasteiger charge is 2.54. The van der Waals surface area contributed by atoms with E-state index in [0.717, 1.165) is 16.2 Å². The van der Waals surface area contributed by atoms with Crippen LogP contribution < -0.4 is 16.8 Å². The van der Waals surface area contributed by atoms with Crippen LogP contribution in [0.3, 0.4) is 0 Å². The van der Waals surface area contributed by atoms with E-state index in [1.807, 2.05) is 0 Å². The molecule has 2 atom stereocenters. The summed E-state index contributed by atoms with van der Waals surface area (Å²) in [5.41, 5.74) is 9.86. The standard InChI is InChI=1S/C14H14N6O7S2/c15-13-17-5(3-29-13)6(19-26)9(21)18-7-10(22)20-8(12(23)24)4(1-27-14(16)25)2-28-11(7)20/h3,7,11,26H,1-2H2,(H2,15,17)(H2,16,25)(H,18,21)(H,23,24)/b19-6-/t7-,11-/m1/s1. The number of carboxylic acids is 1. The summed E-state index contributed by atoms with van der Waals surface area (Å²) in [5, 5.41) is 24.8. The fourth-order valence-corrected chi connectivity index (χ4v) is 4.65. The van der Waals surface area contributed by atoms with Gasteiger partial charge in [0.25, 0.3) is 11.8 Å². The van der Waals surface area contributed by atoms with E-state index in [1.165, 1.54) is 17.1 Å². The van der Waals surface area contributed by atoms with Crippen LogP contribution in [0.2, 0.25) is 0 Å². The summed E-state index contributed by atoms with van der Waals surface area (Å²) < 4.78 is 4.63. The van der Waals surface area contributed by atoms with E-state index >= 15 is 0 Å². The molecular weight excluding hydrogens is 428 g/mol. The number of primary amides is 1. The van der Waals surface area contributed by atoms with Crippen LogP contribution >= 0.6 is 23.1 Å². The van der Waals surface area contributed by atoms with Crippen molar-refractivity contribution in [1.82, 2.24) is 15.2 Å². The number of thioether (sulfide) groups is 1. The molecule has 2 aliphatic rings. The Morgan fingerprint density at radius 2 is 2.17 bits per heavy atom. The molecule has 13 nitrogen and oxygen atoms in total. The SMILES string of the molecule is NC(=O)OCC1=C(C(=O)O)N2C(=O)[C@@H](NC(=O)/C(=N\O)c3csc(N)n3)[C@H]2SC1. The van der Waals surface area contributed by atoms with Crippen LogP contribution in [0.5, 0.6) is 0 Å². The number of β-lactam (4-membered cyclic amide) rings is 1. The Bertz CT molecular complexity index is 958. The average Bonchev–Trinajstić information content (AvgIpc) is 3.09. The Morgan fingerprint density at radius 1 is 1.45 bits per heavy atom. The van der Waals surface area contributed by atoms with Gasteiger partial charge in [0.05, 0.1) is 0 Å². The Kier molecular flexibility index (Phi) is 5.60. The van der Waals surface area contributed by atoms with E-state index in [4.69, 9.17) is 16.7 Å². The monoisotopic (exact) mass is 442 g/mol. The molecule has 1 aromatic heterocycles. The van der Waals surface area contributed by atoms with E-state index in [9.17, 15) is 24.3 Å². The van der Waals surface area contributed by atoms with Crippen molar-refractivity contribution in [2.75, 3.05) is 18.1 Å². The maximum absolute atomic E-state index is 12.5. The van der Waals surface area contributed by atoms with Gasteiger partial charge >= 0.3 is 12.1 Å². The maximum Gasteiger partial charge on any atom is 0.404 e. The van der Waals surface area contributed by atoms with Gasteiger partial charge in [0.1, 0.15) is 29.4 Å². The molecule has 7 N–H and O–H groups in total. The fraction of sp³-hybridized carbons (Fsp3) is 0.286. The van der Waals surface area contributed by atoms with Crippen LogP contribution in [-0.4, -0.2) is 73.6 Å². The molecular formula is C14H14N6O7S2. The van der Waals surface area contributed by atoms with Crippen molar-refractivity contribution in [3.05, 3.63) is 22.3 Å². The minimum Gasteiger partial charge on any atom is -0.477 e. The highest BCUT2D eigenvalue weighted by molar-refractivity contribution is 8.00. The molecule has 3 rings (SSSR count). The Labute approximate surface area is 170 Å². The second kappa shape index (κ2) is 7.96. The number of amides is 3. The molecule has 0 spiro atoms. The lowest BCUT2D eigenvalue weighted by molar-refractivity contribution is -0.150. The molecule has 29 heavy (non-hydrogen) atoms. The molecule has 1 fully saturated rings. The zero-order valence-electron chi connectivity index (χ0n) is 14.4. The van der Waals surface area contributed by atoms with Gasteiger partial charge in [-0.25, -0.2) is 14.6 Å². The molecule has 15 heteroatoms. The number of ether oxygens (including phenoxy) is 1. The highest BCUT2D eigenvalue weighted by atomic mass is 32.2. The van der Waals surface area contributed by atoms with Crippen molar-refractivity contribution in [1.29, 1.82) is 0 Å². The van der Waals surface area contributed by atoms with Gasteiger partial charge in [0, 0.05) is 16.7 Å². The Hall–Kier alpha value is -3.33. The molecule has 0 aromatic carbocycles. The number of carbonyl (C=O) groups is 4. The number of nitrogens with zero attached hydrogens (tertiary/aromatic N) is 3. The number of rotatable bonds is 6. The predicted molar refractivity (Wildman–Crippen MR) is 100 cm³/mol. The number of carboxylic acid groups (broad SMARTS) is 1. The summed E-state index contributed by atoms with van der Waals surface area (Å²) in [6.45, 7) is -0.371. The Morgan fingerprint density at radius 3 is 2.72 bits per heavy atom. The molecule has 1 saturated heterocycles. The third kappa shape index (κ3) is 3.81. The number of aromatic nitrogens is 1. The molecule has 0 radical (unpaired) electrons. The molecule has 154 valence electrons. The quantitative estimate of drug-likeness (QED) is 0.153. The van der Waals surface area contributed by atoms with Crippen LogP contribution in [0.25, 0.3) is 0 Å². The number of thiazole rings is 1. The lowest BCUT2D eigenvalue weighted by Crippen LogP contribution is -2.71. The van der Waals surface area contributed by atoms with Crippen LogP contribution in [0.15, 0.2) is 21.8 Å². The zero-order valence-corrected chi connectivity index (χ0v) is 16.0. The second-order valence-corrected chi connectivity index (χ2v) is 7.74. The number of oxime groups is 1. The molecule has 0 unspecified atom stereocenters. The minimum absolute atomic E-state index is 0.0319. The topological polar surface area (TPSA) is 211 Å². The zero-order chi connectivity index (χ0) is 21.3. The van der Waals surface area contributed by atoms with Gasteiger partial charge in [-0.1, -0.05) is 5.16 Å². The summed E-state index contributed by atoms with van der Waals surface area (Å²) in [6.07, 6.45) is -1.08. The van der Waals surface area contributed by atoms with E-state index in [-0.39, 0.29) is 34.5 Å². The van der Waals surface area contributed by atoms with E-state index < -0.39 is 41.0 Å². The number of nitrogens with two attached hydrogens (primary N) is 2. The van der Waals surface area contributed by atoms with Crippen LogP contribution in [-0.2, 0) is 19.1 Å². The number of nitrogens with one attached hydrogen (secondary N) is 1. The first-order valence-corrected chi connectivity index (χ1v) is 9.74. The smallest absolute Gasteiger partial charge is 0.404 e. The number of anilines is 1. The molecule has 0 saturated carbocycles. The van der Waals surface area contributed by atoms with Crippen LogP contribution in [0.1, 0.15) is 5.69 Å². The number of fused-ring (bicyclic) bond motifs is 1. The lowest BCUT2D eigenvalue weighted by Gasteiger charge is -2.49. The summed E-state index contributed by atoms with van der Waals surface area (Å²) in [7, 11) is 0. The van der Waals surface area contributed by atoms with E-state index in [1.54, 1.807) is 0 Å². The number of hydrogen-bond acceptors (Lipinski definition) is 11. The number of aliphatic carboxylic acids is 1. The molecule has 0 aliphatic carbocycles. The van der Waals surface area contributed by atoms with Gasteiger partial charge in [-0.2, -0.15) is 0 Å². The molecule has 2 aliphatic heterocycles. The summed E-state index contributed by atoms with van der Waals surface area (Å²) in [6, 6.07) is -1.05. The van der Waals surface area contributed by atoms with Crippen molar-refractivity contribution < 1.29 is 34.2 Å². The minimum atomic E-state index is -1.38. The van der Waals surface area contributed by atoms with Gasteiger partial charge in [-0.15, -0.1) is 23.1 Å². The molecule has 3 heterocycles. The maximum atomic E-state index is 12.5. The number of nitrogen functional groups attached to an aromatic ring is 1. The fourth-order valence-electron chi connectivity index (χ4n) is 2.77. The van der Waals surface area contributed by atoms with Gasteiger partial charge in [0.15, 0.2) is 10.8 Å². The predicted octanol–water partition coefficient (Wildman–Crippen LogP) is -1.26. The summed E-state index contributed by atoms with van der Waals surface area (Å²) >= 11 is 2.20. The average molecular weight is 442 g/mol. The van der Waals surface area contributed by atoms with Crippen molar-refractivity contribution >= 4 is 57.8 Å². The Balaban J connectivity index is 1.76. The van der Waals surface area contributed by atoms with Crippen molar-refractivity contribution in [3.8, 4) is 0 Å². The molecule has 0 bridgehead atoms. The van der Waals surface area contributed by atoms with Gasteiger partial charge in [0.2, 0.25) is 0 Å². The summed E-state index contributed by atoms with van der Waals surface area (Å²) in [5.74, 6) is -2.80. The van der Waals surface area contributed by atoms with E-state index in [0.29, 0.717) is 0 Å². The first kappa shape index (κ1) is 20.4. The first-order valence-electron chi connectivity index (χ1n) is 7.81.